The van der Waals surface area contributed by atoms with Gasteiger partial charge < -0.3 is 14.5 Å². The van der Waals surface area contributed by atoms with Gasteiger partial charge in [-0.25, -0.2) is 9.97 Å². The summed E-state index contributed by atoms with van der Waals surface area (Å²) in [5.41, 5.74) is 4.85. The molecule has 1 aromatic carbocycles. The molecular weight excluding hydrogens is 388 g/mol. The van der Waals surface area contributed by atoms with Gasteiger partial charge in [-0.2, -0.15) is 9.61 Å². The number of fused-ring (bicyclic) bond motifs is 1. The molecule has 1 aliphatic rings. The number of piperazine rings is 1. The van der Waals surface area contributed by atoms with Gasteiger partial charge in [0, 0.05) is 49.2 Å². The Morgan fingerprint density at radius 2 is 1.58 bits per heavy atom. The van der Waals surface area contributed by atoms with E-state index in [0.29, 0.717) is 0 Å². The molecule has 5 rings (SSSR count). The number of aromatic nitrogens is 4. The van der Waals surface area contributed by atoms with E-state index in [1.54, 1.807) is 7.11 Å². The van der Waals surface area contributed by atoms with Crippen molar-refractivity contribution < 1.29 is 4.74 Å². The number of methoxy groups -OCH3 is 1. The second-order valence-electron chi connectivity index (χ2n) is 7.86. The van der Waals surface area contributed by atoms with E-state index < -0.39 is 0 Å². The first-order valence-corrected chi connectivity index (χ1v) is 10.6. The Balaban J connectivity index is 1.47. The van der Waals surface area contributed by atoms with E-state index in [-0.39, 0.29) is 0 Å². The number of benzene rings is 1. The van der Waals surface area contributed by atoms with Crippen molar-refractivity contribution in [1.29, 1.82) is 0 Å². The molecule has 1 saturated heterocycles. The first-order chi connectivity index (χ1) is 15.1. The molecule has 0 aliphatic carbocycles. The summed E-state index contributed by atoms with van der Waals surface area (Å²) in [4.78, 5) is 14.2. The van der Waals surface area contributed by atoms with Gasteiger partial charge in [-0.05, 0) is 32.0 Å². The molecular formula is C24H26N6O. The van der Waals surface area contributed by atoms with Gasteiger partial charge in [-0.15, -0.1) is 0 Å². The van der Waals surface area contributed by atoms with Crippen molar-refractivity contribution in [3.63, 3.8) is 0 Å². The standard InChI is InChI=1S/C24H26N6O/c1-17-7-6-10-22(26-17)28-11-13-29(14-12-28)23-15-18(2)27-24-20(16-25-30(23)24)19-8-4-5-9-21(19)31-3/h4-10,15-16H,11-14H2,1-3H3. The van der Waals surface area contributed by atoms with Crippen LogP contribution in [0.3, 0.4) is 0 Å². The summed E-state index contributed by atoms with van der Waals surface area (Å²) in [7, 11) is 1.69. The predicted octanol–water partition coefficient (Wildman–Crippen LogP) is 3.74. The lowest BCUT2D eigenvalue weighted by Gasteiger charge is -2.36. The number of aryl methyl sites for hydroxylation is 2. The zero-order valence-electron chi connectivity index (χ0n) is 18.1. The summed E-state index contributed by atoms with van der Waals surface area (Å²) in [5, 5.41) is 4.71. The Morgan fingerprint density at radius 3 is 2.35 bits per heavy atom. The Labute approximate surface area is 181 Å². The maximum Gasteiger partial charge on any atom is 0.165 e. The Kier molecular flexibility index (Phi) is 4.94. The van der Waals surface area contributed by atoms with Crippen LogP contribution < -0.4 is 14.5 Å². The van der Waals surface area contributed by atoms with Crippen molar-refractivity contribution in [3.8, 4) is 16.9 Å². The number of rotatable bonds is 4. The highest BCUT2D eigenvalue weighted by molar-refractivity contribution is 5.82. The monoisotopic (exact) mass is 414 g/mol. The van der Waals surface area contributed by atoms with E-state index in [0.717, 1.165) is 71.7 Å². The lowest BCUT2D eigenvalue weighted by atomic mass is 10.1. The molecule has 31 heavy (non-hydrogen) atoms. The third kappa shape index (κ3) is 3.56. The third-order valence-corrected chi connectivity index (χ3v) is 5.78. The number of anilines is 2. The zero-order valence-corrected chi connectivity index (χ0v) is 18.1. The maximum atomic E-state index is 5.57. The fourth-order valence-electron chi connectivity index (χ4n) is 4.22. The summed E-state index contributed by atoms with van der Waals surface area (Å²) in [6, 6.07) is 16.3. The Morgan fingerprint density at radius 1 is 0.806 bits per heavy atom. The van der Waals surface area contributed by atoms with Crippen LogP contribution in [0.25, 0.3) is 16.8 Å². The van der Waals surface area contributed by atoms with Crippen LogP contribution in [0, 0.1) is 13.8 Å². The van der Waals surface area contributed by atoms with E-state index in [4.69, 9.17) is 14.8 Å². The molecule has 7 heteroatoms. The largest absolute Gasteiger partial charge is 0.496 e. The topological polar surface area (TPSA) is 58.8 Å². The smallest absolute Gasteiger partial charge is 0.165 e. The van der Waals surface area contributed by atoms with Crippen LogP contribution in [-0.2, 0) is 0 Å². The van der Waals surface area contributed by atoms with Gasteiger partial charge in [0.1, 0.15) is 17.4 Å². The molecule has 7 nitrogen and oxygen atoms in total. The van der Waals surface area contributed by atoms with E-state index >= 15 is 0 Å². The van der Waals surface area contributed by atoms with Crippen LogP contribution >= 0.6 is 0 Å². The normalized spacial score (nSPS) is 14.3. The first kappa shape index (κ1) is 19.4. The van der Waals surface area contributed by atoms with Crippen LogP contribution in [0.2, 0.25) is 0 Å². The van der Waals surface area contributed by atoms with Gasteiger partial charge in [-0.1, -0.05) is 24.3 Å². The number of hydrogen-bond donors (Lipinski definition) is 0. The van der Waals surface area contributed by atoms with E-state index in [1.165, 1.54) is 0 Å². The average Bonchev–Trinajstić information content (AvgIpc) is 3.22. The zero-order chi connectivity index (χ0) is 21.4. The van der Waals surface area contributed by atoms with Crippen molar-refractivity contribution in [2.75, 3.05) is 43.1 Å². The average molecular weight is 415 g/mol. The summed E-state index contributed by atoms with van der Waals surface area (Å²) in [5.74, 6) is 2.94. The molecule has 158 valence electrons. The SMILES string of the molecule is COc1ccccc1-c1cnn2c(N3CCN(c4cccc(C)n4)CC3)cc(C)nc12. The highest BCUT2D eigenvalue weighted by Crippen LogP contribution is 2.33. The molecule has 1 aliphatic heterocycles. The Hall–Kier alpha value is -3.61. The van der Waals surface area contributed by atoms with Crippen molar-refractivity contribution in [1.82, 2.24) is 19.6 Å². The minimum atomic E-state index is 0.821. The molecule has 0 spiro atoms. The van der Waals surface area contributed by atoms with Crippen LogP contribution in [0.5, 0.6) is 5.75 Å². The number of hydrogen-bond acceptors (Lipinski definition) is 6. The van der Waals surface area contributed by atoms with E-state index in [1.807, 2.05) is 54.9 Å². The fourth-order valence-corrected chi connectivity index (χ4v) is 4.22. The van der Waals surface area contributed by atoms with Crippen molar-refractivity contribution >= 4 is 17.3 Å². The quantitative estimate of drug-likeness (QED) is 0.507. The minimum Gasteiger partial charge on any atom is -0.496 e. The van der Waals surface area contributed by atoms with Crippen molar-refractivity contribution in [2.24, 2.45) is 0 Å². The number of para-hydroxylation sites is 1. The lowest BCUT2D eigenvalue weighted by Crippen LogP contribution is -2.47. The number of nitrogens with zero attached hydrogens (tertiary/aromatic N) is 6. The molecule has 3 aromatic heterocycles. The molecule has 0 unspecified atom stereocenters. The number of ether oxygens (including phenoxy) is 1. The third-order valence-electron chi connectivity index (χ3n) is 5.78. The molecule has 4 heterocycles. The molecule has 0 atom stereocenters. The fraction of sp³-hybridized carbons (Fsp3) is 0.292. The highest BCUT2D eigenvalue weighted by Gasteiger charge is 2.22. The molecule has 0 bridgehead atoms. The second-order valence-corrected chi connectivity index (χ2v) is 7.86. The van der Waals surface area contributed by atoms with Gasteiger partial charge in [0.2, 0.25) is 0 Å². The van der Waals surface area contributed by atoms with Crippen LogP contribution in [0.15, 0.2) is 54.7 Å². The van der Waals surface area contributed by atoms with Crippen LogP contribution in [0.1, 0.15) is 11.4 Å². The van der Waals surface area contributed by atoms with Crippen molar-refractivity contribution in [3.05, 3.63) is 66.1 Å². The van der Waals surface area contributed by atoms with Crippen LogP contribution in [-0.4, -0.2) is 52.9 Å². The van der Waals surface area contributed by atoms with E-state index in [9.17, 15) is 0 Å². The van der Waals surface area contributed by atoms with Gasteiger partial charge in [0.05, 0.1) is 18.9 Å². The summed E-state index contributed by atoms with van der Waals surface area (Å²) in [6.07, 6.45) is 1.88. The molecule has 1 fully saturated rings. The van der Waals surface area contributed by atoms with Crippen LogP contribution in [0.4, 0.5) is 11.6 Å². The minimum absolute atomic E-state index is 0.821. The molecule has 0 N–H and O–H groups in total. The van der Waals surface area contributed by atoms with Crippen molar-refractivity contribution in [2.45, 2.75) is 13.8 Å². The number of pyridine rings is 1. The van der Waals surface area contributed by atoms with Gasteiger partial charge in [0.15, 0.2) is 5.65 Å². The molecule has 4 aromatic rings. The summed E-state index contributed by atoms with van der Waals surface area (Å²) in [6.45, 7) is 7.71. The lowest BCUT2D eigenvalue weighted by molar-refractivity contribution is 0.416. The van der Waals surface area contributed by atoms with E-state index in [2.05, 4.69) is 33.0 Å². The van der Waals surface area contributed by atoms with Gasteiger partial charge in [-0.3, -0.25) is 0 Å². The molecule has 0 radical (unpaired) electrons. The van der Waals surface area contributed by atoms with Gasteiger partial charge >= 0.3 is 0 Å². The Bertz CT molecular complexity index is 1230. The van der Waals surface area contributed by atoms with Gasteiger partial charge in [0.25, 0.3) is 0 Å². The second kappa shape index (κ2) is 7.91. The molecule has 0 saturated carbocycles. The predicted molar refractivity (Wildman–Crippen MR) is 123 cm³/mol. The molecule has 0 amide bonds. The maximum absolute atomic E-state index is 5.57. The summed E-state index contributed by atoms with van der Waals surface area (Å²) < 4.78 is 7.52. The first-order valence-electron chi connectivity index (χ1n) is 10.6. The highest BCUT2D eigenvalue weighted by atomic mass is 16.5. The summed E-state index contributed by atoms with van der Waals surface area (Å²) >= 11 is 0.